The first-order valence-corrected chi connectivity index (χ1v) is 8.40. The van der Waals surface area contributed by atoms with E-state index in [1.165, 1.54) is 25.7 Å². The number of ketones is 1. The molecule has 1 aromatic rings. The van der Waals surface area contributed by atoms with E-state index in [1.807, 2.05) is 13.0 Å². The van der Waals surface area contributed by atoms with Gasteiger partial charge in [0.25, 0.3) is 0 Å². The quantitative estimate of drug-likeness (QED) is 0.590. The van der Waals surface area contributed by atoms with Gasteiger partial charge >= 0.3 is 0 Å². The lowest BCUT2D eigenvalue weighted by Gasteiger charge is -2.24. The molecule has 0 bridgehead atoms. The van der Waals surface area contributed by atoms with Crippen molar-refractivity contribution in [3.63, 3.8) is 0 Å². The van der Waals surface area contributed by atoms with E-state index in [0.29, 0.717) is 0 Å². The normalized spacial score (nSPS) is 17.6. The number of Topliss-reactive ketones (excluding diaryl/α,β-unsaturated/α-hetero) is 1. The lowest BCUT2D eigenvalue weighted by Crippen LogP contribution is -2.32. The molecule has 1 saturated carbocycles. The van der Waals surface area contributed by atoms with Gasteiger partial charge in [-0.1, -0.05) is 12.8 Å². The van der Waals surface area contributed by atoms with E-state index in [0.717, 1.165) is 36.1 Å². The van der Waals surface area contributed by atoms with Crippen molar-refractivity contribution in [3.05, 3.63) is 23.0 Å². The summed E-state index contributed by atoms with van der Waals surface area (Å²) >= 11 is 5.94. The molecule has 2 rings (SSSR count). The molecule has 1 fully saturated rings. The fraction of sp³-hybridized carbons (Fsp3) is 0.706. The van der Waals surface area contributed by atoms with Crippen LogP contribution in [-0.2, 0) is 6.54 Å². The van der Waals surface area contributed by atoms with Crippen LogP contribution in [0.25, 0.3) is 0 Å². The standard InChI is InChI=1S/C17H27ClN2O/c1-12-11-16(17(21)13(2)18)14(3)20(12)10-9-19(4)15-7-5-6-8-15/h11,13,15H,5-10H2,1-4H3. The van der Waals surface area contributed by atoms with Crippen LogP contribution < -0.4 is 0 Å². The van der Waals surface area contributed by atoms with E-state index < -0.39 is 5.38 Å². The second-order valence-electron chi connectivity index (χ2n) is 6.34. The van der Waals surface area contributed by atoms with Gasteiger partial charge in [-0.3, -0.25) is 4.79 Å². The molecule has 21 heavy (non-hydrogen) atoms. The predicted molar refractivity (Wildman–Crippen MR) is 88.4 cm³/mol. The molecule has 1 aliphatic carbocycles. The van der Waals surface area contributed by atoms with Gasteiger partial charge < -0.3 is 9.47 Å². The van der Waals surface area contributed by atoms with Crippen molar-refractivity contribution in [2.24, 2.45) is 0 Å². The second kappa shape index (κ2) is 6.97. The Labute approximate surface area is 133 Å². The summed E-state index contributed by atoms with van der Waals surface area (Å²) in [5.41, 5.74) is 2.97. The van der Waals surface area contributed by atoms with Crippen LogP contribution in [-0.4, -0.2) is 40.3 Å². The summed E-state index contributed by atoms with van der Waals surface area (Å²) in [7, 11) is 2.22. The van der Waals surface area contributed by atoms with E-state index in [9.17, 15) is 4.79 Å². The van der Waals surface area contributed by atoms with Crippen LogP contribution in [0, 0.1) is 13.8 Å². The van der Waals surface area contributed by atoms with Crippen molar-refractivity contribution >= 4 is 17.4 Å². The van der Waals surface area contributed by atoms with Gasteiger partial charge in [-0.2, -0.15) is 0 Å². The minimum Gasteiger partial charge on any atom is -0.347 e. The molecular weight excluding hydrogens is 284 g/mol. The Morgan fingerprint density at radius 2 is 2.05 bits per heavy atom. The zero-order valence-corrected chi connectivity index (χ0v) is 14.4. The first kappa shape index (κ1) is 16.6. The van der Waals surface area contributed by atoms with Crippen LogP contribution in [0.5, 0.6) is 0 Å². The number of aryl methyl sites for hydroxylation is 1. The third-order valence-electron chi connectivity index (χ3n) is 4.82. The van der Waals surface area contributed by atoms with Gasteiger partial charge in [0.05, 0.1) is 5.38 Å². The van der Waals surface area contributed by atoms with Gasteiger partial charge in [-0.15, -0.1) is 11.6 Å². The molecule has 0 radical (unpaired) electrons. The zero-order chi connectivity index (χ0) is 15.6. The molecule has 0 N–H and O–H groups in total. The molecule has 1 heterocycles. The highest BCUT2D eigenvalue weighted by atomic mass is 35.5. The van der Waals surface area contributed by atoms with E-state index in [1.54, 1.807) is 6.92 Å². The van der Waals surface area contributed by atoms with Crippen molar-refractivity contribution in [1.29, 1.82) is 0 Å². The van der Waals surface area contributed by atoms with Crippen molar-refractivity contribution in [3.8, 4) is 0 Å². The van der Waals surface area contributed by atoms with Gasteiger partial charge in [0.1, 0.15) is 0 Å². The number of carbonyl (C=O) groups is 1. The monoisotopic (exact) mass is 310 g/mol. The molecular formula is C17H27ClN2O. The number of likely N-dealkylation sites (N-methyl/N-ethyl adjacent to an activating group) is 1. The maximum atomic E-state index is 12.1. The summed E-state index contributed by atoms with van der Waals surface area (Å²) in [6, 6.07) is 2.72. The van der Waals surface area contributed by atoms with Gasteiger partial charge in [0.15, 0.2) is 5.78 Å². The average Bonchev–Trinajstić information content (AvgIpc) is 3.05. The summed E-state index contributed by atoms with van der Waals surface area (Å²) in [6.07, 6.45) is 5.38. The summed E-state index contributed by atoms with van der Waals surface area (Å²) in [6.45, 7) is 7.80. The van der Waals surface area contributed by atoms with Gasteiger partial charge in [0.2, 0.25) is 0 Å². The molecule has 118 valence electrons. The first-order valence-electron chi connectivity index (χ1n) is 7.97. The number of hydrogen-bond acceptors (Lipinski definition) is 2. The number of alkyl halides is 1. The number of carbonyl (C=O) groups excluding carboxylic acids is 1. The molecule has 0 spiro atoms. The lowest BCUT2D eigenvalue weighted by atomic mass is 10.1. The fourth-order valence-electron chi connectivity index (χ4n) is 3.39. The maximum absolute atomic E-state index is 12.1. The summed E-state index contributed by atoms with van der Waals surface area (Å²) in [4.78, 5) is 14.6. The summed E-state index contributed by atoms with van der Waals surface area (Å²) in [5, 5.41) is -0.458. The summed E-state index contributed by atoms with van der Waals surface area (Å²) in [5.74, 6) is 0.0279. The van der Waals surface area contributed by atoms with Crippen molar-refractivity contribution in [2.45, 2.75) is 64.4 Å². The molecule has 3 nitrogen and oxygen atoms in total. The van der Waals surface area contributed by atoms with Crippen LogP contribution >= 0.6 is 11.6 Å². The Morgan fingerprint density at radius 3 is 2.62 bits per heavy atom. The summed E-state index contributed by atoms with van der Waals surface area (Å²) < 4.78 is 2.25. The van der Waals surface area contributed by atoms with E-state index >= 15 is 0 Å². The molecule has 0 saturated heterocycles. The fourth-order valence-corrected chi connectivity index (χ4v) is 3.51. The van der Waals surface area contributed by atoms with Crippen LogP contribution in [0.1, 0.15) is 54.4 Å². The van der Waals surface area contributed by atoms with Crippen molar-refractivity contribution in [2.75, 3.05) is 13.6 Å². The molecule has 0 amide bonds. The van der Waals surface area contributed by atoms with Crippen molar-refractivity contribution < 1.29 is 4.79 Å². The third kappa shape index (κ3) is 3.70. The molecule has 4 heteroatoms. The van der Waals surface area contributed by atoms with Gasteiger partial charge in [0, 0.05) is 36.1 Å². The van der Waals surface area contributed by atoms with Crippen LogP contribution in [0.15, 0.2) is 6.07 Å². The second-order valence-corrected chi connectivity index (χ2v) is 6.99. The molecule has 1 atom stereocenters. The van der Waals surface area contributed by atoms with Crippen LogP contribution in [0.2, 0.25) is 0 Å². The molecule has 1 unspecified atom stereocenters. The average molecular weight is 311 g/mol. The van der Waals surface area contributed by atoms with E-state index in [2.05, 4.69) is 23.4 Å². The highest BCUT2D eigenvalue weighted by molar-refractivity contribution is 6.33. The Balaban J connectivity index is 2.04. The maximum Gasteiger partial charge on any atom is 0.182 e. The van der Waals surface area contributed by atoms with Gasteiger partial charge in [-0.05, 0) is 46.7 Å². The Bertz CT molecular complexity index is 501. The largest absolute Gasteiger partial charge is 0.347 e. The third-order valence-corrected chi connectivity index (χ3v) is 5.02. The molecule has 1 aromatic heterocycles. The first-order chi connectivity index (χ1) is 9.91. The number of halogens is 1. The molecule has 0 aliphatic heterocycles. The number of hydrogen-bond donors (Lipinski definition) is 0. The van der Waals surface area contributed by atoms with Crippen LogP contribution in [0.4, 0.5) is 0 Å². The van der Waals surface area contributed by atoms with Gasteiger partial charge in [-0.25, -0.2) is 0 Å². The number of nitrogens with zero attached hydrogens (tertiary/aromatic N) is 2. The van der Waals surface area contributed by atoms with E-state index in [-0.39, 0.29) is 5.78 Å². The molecule has 0 aromatic carbocycles. The topological polar surface area (TPSA) is 25.2 Å². The Hall–Kier alpha value is -0.800. The minimum absolute atomic E-state index is 0.0279. The SMILES string of the molecule is Cc1cc(C(=O)C(C)Cl)c(C)n1CCN(C)C1CCCC1. The smallest absolute Gasteiger partial charge is 0.182 e. The predicted octanol–water partition coefficient (Wildman–Crippen LogP) is 3.79. The highest BCUT2D eigenvalue weighted by Gasteiger charge is 2.21. The van der Waals surface area contributed by atoms with E-state index in [4.69, 9.17) is 11.6 Å². The number of aromatic nitrogens is 1. The van der Waals surface area contributed by atoms with Crippen LogP contribution in [0.3, 0.4) is 0 Å². The van der Waals surface area contributed by atoms with Crippen molar-refractivity contribution in [1.82, 2.24) is 9.47 Å². The highest BCUT2D eigenvalue weighted by Crippen LogP contribution is 2.23. The number of rotatable bonds is 6. The minimum atomic E-state index is -0.458. The lowest BCUT2D eigenvalue weighted by molar-refractivity contribution is 0.0991. The Kier molecular flexibility index (Phi) is 5.50. The molecule has 1 aliphatic rings. The Morgan fingerprint density at radius 1 is 1.43 bits per heavy atom. The zero-order valence-electron chi connectivity index (χ0n) is 13.7.